The van der Waals surface area contributed by atoms with E-state index in [2.05, 4.69) is 50.2 Å². The largest absolute Gasteiger partial charge is 0.394 e. The van der Waals surface area contributed by atoms with Gasteiger partial charge in [0.1, 0.15) is 0 Å². The summed E-state index contributed by atoms with van der Waals surface area (Å²) in [6, 6.07) is 8.33. The van der Waals surface area contributed by atoms with Gasteiger partial charge in [-0.3, -0.25) is 4.90 Å². The highest BCUT2D eigenvalue weighted by molar-refractivity contribution is 6.30. The van der Waals surface area contributed by atoms with E-state index in [9.17, 15) is 5.11 Å². The van der Waals surface area contributed by atoms with Gasteiger partial charge < -0.3 is 10.4 Å². The van der Waals surface area contributed by atoms with Gasteiger partial charge in [-0.2, -0.15) is 0 Å². The van der Waals surface area contributed by atoms with E-state index < -0.39 is 0 Å². The third-order valence-electron chi connectivity index (χ3n) is 3.90. The van der Waals surface area contributed by atoms with Crippen LogP contribution in [0, 0.1) is 0 Å². The van der Waals surface area contributed by atoms with Crippen LogP contribution in [-0.4, -0.2) is 42.3 Å². The van der Waals surface area contributed by atoms with Crippen LogP contribution in [0.4, 0.5) is 0 Å². The van der Waals surface area contributed by atoms with Crippen LogP contribution in [0.3, 0.4) is 0 Å². The van der Waals surface area contributed by atoms with Gasteiger partial charge in [-0.25, -0.2) is 0 Å². The molecule has 1 atom stereocenters. The molecule has 1 aromatic carbocycles. The average Bonchev–Trinajstić information content (AvgIpc) is 2.44. The zero-order chi connectivity index (χ0) is 15.2. The summed E-state index contributed by atoms with van der Waals surface area (Å²) in [7, 11) is 2.06. The lowest BCUT2D eigenvalue weighted by Crippen LogP contribution is -2.45. The monoisotopic (exact) mass is 298 g/mol. The van der Waals surface area contributed by atoms with Crippen molar-refractivity contribution in [1.82, 2.24) is 10.2 Å². The predicted molar refractivity (Wildman–Crippen MR) is 86.3 cm³/mol. The van der Waals surface area contributed by atoms with E-state index in [1.54, 1.807) is 0 Å². The summed E-state index contributed by atoms with van der Waals surface area (Å²) in [5, 5.41) is 13.7. The van der Waals surface area contributed by atoms with Crippen molar-refractivity contribution < 1.29 is 5.11 Å². The Kier molecular flexibility index (Phi) is 6.96. The van der Waals surface area contributed by atoms with Crippen molar-refractivity contribution in [2.24, 2.45) is 0 Å². The number of hydrogen-bond donors (Lipinski definition) is 2. The van der Waals surface area contributed by atoms with E-state index in [4.69, 9.17) is 11.6 Å². The molecule has 0 spiro atoms. The second-order valence-corrected chi connectivity index (χ2v) is 6.28. The minimum absolute atomic E-state index is 0.163. The lowest BCUT2D eigenvalue weighted by Gasteiger charge is -2.35. The van der Waals surface area contributed by atoms with Crippen molar-refractivity contribution in [3.8, 4) is 0 Å². The third kappa shape index (κ3) is 5.06. The number of hydrogen-bond acceptors (Lipinski definition) is 3. The first-order valence-electron chi connectivity index (χ1n) is 7.21. The van der Waals surface area contributed by atoms with Crippen LogP contribution in [0.5, 0.6) is 0 Å². The summed E-state index contributed by atoms with van der Waals surface area (Å²) >= 11 is 5.94. The molecule has 0 radical (unpaired) electrons. The number of likely N-dealkylation sites (N-methyl/N-ethyl adjacent to an activating group) is 1. The van der Waals surface area contributed by atoms with Gasteiger partial charge in [-0.1, -0.05) is 30.7 Å². The van der Waals surface area contributed by atoms with Gasteiger partial charge in [-0.15, -0.1) is 0 Å². The molecule has 3 nitrogen and oxygen atoms in total. The number of aliphatic hydroxyl groups excluding tert-OH is 1. The molecule has 1 rings (SSSR count). The molecule has 0 aliphatic heterocycles. The summed E-state index contributed by atoms with van der Waals surface area (Å²) in [6.07, 6.45) is 0.995. The van der Waals surface area contributed by atoms with Crippen LogP contribution in [0.2, 0.25) is 5.02 Å². The predicted octanol–water partition coefficient (Wildman–Crippen LogP) is 3.08. The van der Waals surface area contributed by atoms with E-state index in [0.717, 1.165) is 24.5 Å². The Morgan fingerprint density at radius 3 is 2.40 bits per heavy atom. The number of nitrogens with zero attached hydrogens (tertiary/aromatic N) is 1. The van der Waals surface area contributed by atoms with Crippen molar-refractivity contribution in [3.05, 3.63) is 34.9 Å². The smallest absolute Gasteiger partial charge is 0.0609 e. The molecule has 114 valence electrons. The molecule has 20 heavy (non-hydrogen) atoms. The van der Waals surface area contributed by atoms with Crippen LogP contribution in [0.15, 0.2) is 24.3 Å². The van der Waals surface area contributed by atoms with E-state index in [0.29, 0.717) is 6.04 Å². The van der Waals surface area contributed by atoms with Crippen molar-refractivity contribution >= 4 is 11.6 Å². The zero-order valence-corrected chi connectivity index (χ0v) is 13.7. The Bertz CT molecular complexity index is 392. The average molecular weight is 299 g/mol. The summed E-state index contributed by atoms with van der Waals surface area (Å²) < 4.78 is 0. The molecule has 0 aromatic heterocycles. The van der Waals surface area contributed by atoms with Crippen molar-refractivity contribution in [3.63, 3.8) is 0 Å². The molecule has 0 saturated heterocycles. The van der Waals surface area contributed by atoms with E-state index in [1.807, 2.05) is 12.1 Å². The van der Waals surface area contributed by atoms with Gasteiger partial charge in [-0.05, 0) is 51.6 Å². The molecule has 0 bridgehead atoms. The third-order valence-corrected chi connectivity index (χ3v) is 4.15. The van der Waals surface area contributed by atoms with E-state index in [1.165, 1.54) is 5.56 Å². The van der Waals surface area contributed by atoms with Crippen molar-refractivity contribution in [2.45, 2.75) is 38.8 Å². The fourth-order valence-electron chi connectivity index (χ4n) is 2.07. The fraction of sp³-hybridized carbons (Fsp3) is 0.625. The number of rotatable bonds is 8. The van der Waals surface area contributed by atoms with Gasteiger partial charge >= 0.3 is 0 Å². The van der Waals surface area contributed by atoms with E-state index in [-0.39, 0.29) is 12.1 Å². The molecule has 0 aliphatic rings. The SMILES string of the molecule is CCNC(CCN(C)C(C)(C)CO)c1ccc(Cl)cc1. The molecule has 4 heteroatoms. The van der Waals surface area contributed by atoms with Gasteiger partial charge in [0, 0.05) is 23.1 Å². The standard InChI is InChI=1S/C16H27ClN2O/c1-5-18-15(13-6-8-14(17)9-7-13)10-11-19(4)16(2,3)12-20/h6-9,15,18,20H,5,10-12H2,1-4H3. The van der Waals surface area contributed by atoms with Crippen molar-refractivity contribution in [1.29, 1.82) is 0 Å². The maximum Gasteiger partial charge on any atom is 0.0609 e. The van der Waals surface area contributed by atoms with Gasteiger partial charge in [0.2, 0.25) is 0 Å². The molecule has 0 heterocycles. The Morgan fingerprint density at radius 1 is 1.30 bits per heavy atom. The summed E-state index contributed by atoms with van der Waals surface area (Å²) in [6.45, 7) is 8.24. The van der Waals surface area contributed by atoms with Crippen molar-refractivity contribution in [2.75, 3.05) is 26.7 Å². The Morgan fingerprint density at radius 2 is 1.90 bits per heavy atom. The highest BCUT2D eigenvalue weighted by Gasteiger charge is 2.23. The first kappa shape index (κ1) is 17.4. The first-order chi connectivity index (χ1) is 9.40. The van der Waals surface area contributed by atoms with E-state index >= 15 is 0 Å². The van der Waals surface area contributed by atoms with Crippen LogP contribution < -0.4 is 5.32 Å². The molecular weight excluding hydrogens is 272 g/mol. The van der Waals surface area contributed by atoms with Crippen LogP contribution in [0.1, 0.15) is 38.8 Å². The first-order valence-corrected chi connectivity index (χ1v) is 7.59. The highest BCUT2D eigenvalue weighted by Crippen LogP contribution is 2.21. The molecule has 0 aliphatic carbocycles. The number of aliphatic hydroxyl groups is 1. The van der Waals surface area contributed by atoms with Crippen LogP contribution in [-0.2, 0) is 0 Å². The van der Waals surface area contributed by atoms with Gasteiger partial charge in [0.05, 0.1) is 6.61 Å². The lowest BCUT2D eigenvalue weighted by molar-refractivity contribution is 0.0758. The number of nitrogens with one attached hydrogen (secondary N) is 1. The minimum atomic E-state index is -0.184. The van der Waals surface area contributed by atoms with Gasteiger partial charge in [0.25, 0.3) is 0 Å². The molecule has 0 amide bonds. The molecule has 1 aromatic rings. The Hall–Kier alpha value is -0.610. The summed E-state index contributed by atoms with van der Waals surface area (Å²) in [5.74, 6) is 0. The van der Waals surface area contributed by atoms with Gasteiger partial charge in [0.15, 0.2) is 0 Å². The molecule has 0 saturated carbocycles. The number of benzene rings is 1. The molecule has 1 unspecified atom stereocenters. The Balaban J connectivity index is 2.66. The zero-order valence-electron chi connectivity index (χ0n) is 13.0. The topological polar surface area (TPSA) is 35.5 Å². The lowest BCUT2D eigenvalue weighted by atomic mass is 10.0. The van der Waals surface area contributed by atoms with Crippen LogP contribution in [0.25, 0.3) is 0 Å². The molecule has 2 N–H and O–H groups in total. The maximum absolute atomic E-state index is 9.41. The second-order valence-electron chi connectivity index (χ2n) is 5.84. The second kappa shape index (κ2) is 7.99. The molecule has 0 fully saturated rings. The summed E-state index contributed by atoms with van der Waals surface area (Å²) in [4.78, 5) is 2.20. The van der Waals surface area contributed by atoms with Crippen LogP contribution >= 0.6 is 11.6 Å². The quantitative estimate of drug-likeness (QED) is 0.774. The fourth-order valence-corrected chi connectivity index (χ4v) is 2.20. The minimum Gasteiger partial charge on any atom is -0.394 e. The normalized spacial score (nSPS) is 13.8. The Labute approximate surface area is 127 Å². The number of halogens is 1. The summed E-state index contributed by atoms with van der Waals surface area (Å²) in [5.41, 5.74) is 1.07. The molecular formula is C16H27ClN2O. The highest BCUT2D eigenvalue weighted by atomic mass is 35.5. The maximum atomic E-state index is 9.41.